The summed E-state index contributed by atoms with van der Waals surface area (Å²) in [6, 6.07) is 3.61. The zero-order valence-corrected chi connectivity index (χ0v) is 13.0. The van der Waals surface area contributed by atoms with Crippen molar-refractivity contribution in [2.45, 2.75) is 19.5 Å². The lowest BCUT2D eigenvalue weighted by molar-refractivity contribution is -0.227. The molecule has 9 heteroatoms. The first-order valence-corrected chi connectivity index (χ1v) is 7.35. The highest BCUT2D eigenvalue weighted by atomic mass is 19.4. The van der Waals surface area contributed by atoms with Gasteiger partial charge in [0.15, 0.2) is 11.2 Å². The van der Waals surface area contributed by atoms with Crippen LogP contribution in [-0.4, -0.2) is 41.1 Å². The van der Waals surface area contributed by atoms with Crippen LogP contribution in [0.1, 0.15) is 22.5 Å². The number of alkyl halides is 3. The first-order chi connectivity index (χ1) is 11.6. The summed E-state index contributed by atoms with van der Waals surface area (Å²) in [7, 11) is 0. The van der Waals surface area contributed by atoms with Crippen molar-refractivity contribution in [3.8, 4) is 0 Å². The number of rotatable bonds is 2. The molecule has 0 spiro atoms. The number of aliphatic carboxylic acids is 1. The minimum Gasteiger partial charge on any atom is -0.481 e. The molecule has 2 aromatic rings. The van der Waals surface area contributed by atoms with E-state index in [1.54, 1.807) is 0 Å². The molecule has 1 aliphatic rings. The Morgan fingerprint density at radius 3 is 2.56 bits per heavy atom. The molecule has 1 fully saturated rings. The van der Waals surface area contributed by atoms with Crippen LogP contribution in [0.2, 0.25) is 0 Å². The lowest BCUT2D eigenvalue weighted by Gasteiger charge is -2.27. The number of amides is 1. The number of fused-ring (bicyclic) bond motifs is 1. The molecule has 1 saturated heterocycles. The first-order valence-electron chi connectivity index (χ1n) is 7.35. The number of hydrogen-bond donors (Lipinski definition) is 1. The van der Waals surface area contributed by atoms with Gasteiger partial charge in [-0.15, -0.1) is 0 Å². The third-order valence-corrected chi connectivity index (χ3v) is 4.60. The van der Waals surface area contributed by atoms with Gasteiger partial charge in [0.25, 0.3) is 5.91 Å². The Bertz CT molecular complexity index is 873. The lowest BCUT2D eigenvalue weighted by Crippen LogP contribution is -2.47. The molecule has 25 heavy (non-hydrogen) atoms. The van der Waals surface area contributed by atoms with Crippen molar-refractivity contribution in [3.05, 3.63) is 35.3 Å². The van der Waals surface area contributed by atoms with Gasteiger partial charge < -0.3 is 14.4 Å². The van der Waals surface area contributed by atoms with Crippen LogP contribution in [0.3, 0.4) is 0 Å². The van der Waals surface area contributed by atoms with E-state index in [4.69, 9.17) is 9.52 Å². The van der Waals surface area contributed by atoms with E-state index in [0.29, 0.717) is 10.9 Å². The molecule has 1 amide bonds. The van der Waals surface area contributed by atoms with E-state index in [2.05, 4.69) is 0 Å². The van der Waals surface area contributed by atoms with E-state index in [-0.39, 0.29) is 17.9 Å². The van der Waals surface area contributed by atoms with E-state index < -0.39 is 42.3 Å². The maximum Gasteiger partial charge on any atom is 0.406 e. The van der Waals surface area contributed by atoms with E-state index >= 15 is 0 Å². The number of aryl methyl sites for hydroxylation is 1. The van der Waals surface area contributed by atoms with E-state index in [9.17, 15) is 27.2 Å². The smallest absolute Gasteiger partial charge is 0.406 e. The van der Waals surface area contributed by atoms with Crippen LogP contribution in [0.5, 0.6) is 0 Å². The third kappa shape index (κ3) is 2.54. The van der Waals surface area contributed by atoms with E-state index in [1.807, 2.05) is 0 Å². The number of carbonyl (C=O) groups excluding carboxylic acids is 1. The first kappa shape index (κ1) is 17.2. The highest BCUT2D eigenvalue weighted by Gasteiger charge is 2.64. The van der Waals surface area contributed by atoms with Crippen LogP contribution in [0, 0.1) is 18.2 Å². The molecule has 1 aromatic carbocycles. The standard InChI is InChI=1S/C16H13F4NO4/c1-8-10-6-9(17)2-3-11(10)25-12(8)13(22)21-5-4-15(7-21,14(23)24)16(18,19)20/h2-3,6H,4-5,7H2,1H3,(H,23,24). The summed E-state index contributed by atoms with van der Waals surface area (Å²) >= 11 is 0. The fourth-order valence-corrected chi connectivity index (χ4v) is 3.05. The van der Waals surface area contributed by atoms with Gasteiger partial charge in [-0.3, -0.25) is 9.59 Å². The van der Waals surface area contributed by atoms with Crippen molar-refractivity contribution in [2.75, 3.05) is 13.1 Å². The number of likely N-dealkylation sites (tertiary alicyclic amines) is 1. The Morgan fingerprint density at radius 1 is 1.32 bits per heavy atom. The Labute approximate surface area is 138 Å². The molecule has 1 aliphatic heterocycles. The van der Waals surface area contributed by atoms with E-state index in [0.717, 1.165) is 17.0 Å². The zero-order valence-electron chi connectivity index (χ0n) is 13.0. The van der Waals surface area contributed by atoms with Crippen molar-refractivity contribution in [1.82, 2.24) is 4.90 Å². The number of furan rings is 1. The minimum atomic E-state index is -4.99. The number of carboxylic acid groups (broad SMARTS) is 1. The molecule has 1 atom stereocenters. The summed E-state index contributed by atoms with van der Waals surface area (Å²) in [5.74, 6) is -3.62. The topological polar surface area (TPSA) is 70.8 Å². The van der Waals surface area contributed by atoms with Gasteiger partial charge in [-0.05, 0) is 31.5 Å². The van der Waals surface area contributed by atoms with Gasteiger partial charge in [-0.1, -0.05) is 0 Å². The normalized spacial score (nSPS) is 21.1. The second-order valence-corrected chi connectivity index (χ2v) is 6.06. The van der Waals surface area contributed by atoms with Crippen LogP contribution >= 0.6 is 0 Å². The molecule has 0 radical (unpaired) electrons. The predicted octanol–water partition coefficient (Wildman–Crippen LogP) is 3.36. The number of halogens is 4. The fraction of sp³-hybridized carbons (Fsp3) is 0.375. The summed E-state index contributed by atoms with van der Waals surface area (Å²) in [6.07, 6.45) is -5.72. The Kier molecular flexibility index (Phi) is 3.77. The van der Waals surface area contributed by atoms with Gasteiger partial charge >= 0.3 is 12.1 Å². The summed E-state index contributed by atoms with van der Waals surface area (Å²) in [4.78, 5) is 24.5. The average Bonchev–Trinajstić information content (AvgIpc) is 3.10. The fourth-order valence-electron chi connectivity index (χ4n) is 3.05. The van der Waals surface area contributed by atoms with Gasteiger partial charge in [0.2, 0.25) is 0 Å². The number of carboxylic acids is 1. The van der Waals surface area contributed by atoms with Gasteiger partial charge in [-0.25, -0.2) is 4.39 Å². The molecule has 1 unspecified atom stereocenters. The predicted molar refractivity (Wildman–Crippen MR) is 77.6 cm³/mol. The number of nitrogens with zero attached hydrogens (tertiary/aromatic N) is 1. The molecule has 1 aromatic heterocycles. The third-order valence-electron chi connectivity index (χ3n) is 4.60. The van der Waals surface area contributed by atoms with Gasteiger partial charge in [0, 0.05) is 24.0 Å². The van der Waals surface area contributed by atoms with Crippen molar-refractivity contribution in [2.24, 2.45) is 5.41 Å². The maximum absolute atomic E-state index is 13.3. The highest BCUT2D eigenvalue weighted by Crippen LogP contribution is 2.46. The Balaban J connectivity index is 1.95. The molecular formula is C16H13F4NO4. The van der Waals surface area contributed by atoms with Crippen molar-refractivity contribution in [1.29, 1.82) is 0 Å². The molecule has 0 aliphatic carbocycles. The molecule has 3 rings (SSSR count). The van der Waals surface area contributed by atoms with Crippen LogP contribution in [-0.2, 0) is 4.79 Å². The SMILES string of the molecule is Cc1c(C(=O)N2CCC(C(=O)O)(C(F)(F)F)C2)oc2ccc(F)cc12. The molecule has 1 N–H and O–H groups in total. The van der Waals surface area contributed by atoms with Gasteiger partial charge in [-0.2, -0.15) is 13.2 Å². The van der Waals surface area contributed by atoms with Gasteiger partial charge in [0.05, 0.1) is 0 Å². The van der Waals surface area contributed by atoms with Crippen LogP contribution in [0.4, 0.5) is 17.6 Å². The van der Waals surface area contributed by atoms with Crippen molar-refractivity contribution in [3.63, 3.8) is 0 Å². The summed E-state index contributed by atoms with van der Waals surface area (Å²) in [6.45, 7) is 0.133. The quantitative estimate of drug-likeness (QED) is 0.835. The molecule has 0 bridgehead atoms. The van der Waals surface area contributed by atoms with Crippen LogP contribution < -0.4 is 0 Å². The summed E-state index contributed by atoms with van der Waals surface area (Å²) < 4.78 is 58.3. The molecule has 0 saturated carbocycles. The maximum atomic E-state index is 13.3. The number of hydrogen-bond acceptors (Lipinski definition) is 3. The highest BCUT2D eigenvalue weighted by molar-refractivity contribution is 5.99. The Morgan fingerprint density at radius 2 is 2.00 bits per heavy atom. The van der Waals surface area contributed by atoms with Gasteiger partial charge in [0.1, 0.15) is 11.4 Å². The monoisotopic (exact) mass is 359 g/mol. The van der Waals surface area contributed by atoms with Crippen LogP contribution in [0.15, 0.2) is 22.6 Å². The Hall–Kier alpha value is -2.58. The molecular weight excluding hydrogens is 346 g/mol. The zero-order chi connectivity index (χ0) is 18.6. The largest absolute Gasteiger partial charge is 0.481 e. The van der Waals surface area contributed by atoms with E-state index in [1.165, 1.54) is 13.0 Å². The average molecular weight is 359 g/mol. The second kappa shape index (κ2) is 5.47. The number of benzene rings is 1. The second-order valence-electron chi connectivity index (χ2n) is 6.06. The molecule has 2 heterocycles. The lowest BCUT2D eigenvalue weighted by atomic mass is 9.86. The number of carbonyl (C=O) groups is 2. The summed E-state index contributed by atoms with van der Waals surface area (Å²) in [5, 5.41) is 9.38. The molecule has 5 nitrogen and oxygen atoms in total. The summed E-state index contributed by atoms with van der Waals surface area (Å²) in [5.41, 5.74) is -2.48. The molecule has 134 valence electrons. The van der Waals surface area contributed by atoms with Crippen molar-refractivity contribution >= 4 is 22.8 Å². The van der Waals surface area contributed by atoms with Crippen molar-refractivity contribution < 1.29 is 36.7 Å². The van der Waals surface area contributed by atoms with Crippen LogP contribution in [0.25, 0.3) is 11.0 Å². The minimum absolute atomic E-state index is 0.219.